The molecule has 4 heteroatoms. The predicted octanol–water partition coefficient (Wildman–Crippen LogP) is 2.40. The highest BCUT2D eigenvalue weighted by Crippen LogP contribution is 2.06. The predicted molar refractivity (Wildman–Crippen MR) is 73.1 cm³/mol. The Balaban J connectivity index is 3.85. The maximum absolute atomic E-state index is 11.5. The normalized spacial score (nSPS) is 12.6. The summed E-state index contributed by atoms with van der Waals surface area (Å²) in [6.07, 6.45) is 8.55. The van der Waals surface area contributed by atoms with Gasteiger partial charge in [0.1, 0.15) is 6.10 Å². The Labute approximate surface area is 114 Å². The Kier molecular flexibility index (Phi) is 8.90. The van der Waals surface area contributed by atoms with Gasteiger partial charge in [-0.05, 0) is 13.3 Å². The molecule has 0 radical (unpaired) electrons. The number of hydrogen-bond acceptors (Lipinski definition) is 4. The summed E-state index contributed by atoms with van der Waals surface area (Å²) in [7, 11) is 0. The summed E-state index contributed by atoms with van der Waals surface area (Å²) >= 11 is 0. The van der Waals surface area contributed by atoms with Gasteiger partial charge in [0, 0.05) is 19.3 Å². The van der Waals surface area contributed by atoms with Crippen LogP contribution in [0.4, 0.5) is 0 Å². The molecule has 0 N–H and O–H groups in total. The smallest absolute Gasteiger partial charge is 0.307 e. The SMILES string of the molecule is C#CC(C)OC(=O)CCCC(=O)OC(C=C)CC=C. The minimum absolute atomic E-state index is 0.140. The molecule has 0 aromatic heterocycles. The van der Waals surface area contributed by atoms with E-state index in [2.05, 4.69) is 19.1 Å². The quantitative estimate of drug-likeness (QED) is 0.364. The Morgan fingerprint density at radius 3 is 2.32 bits per heavy atom. The molecule has 0 aliphatic heterocycles. The van der Waals surface area contributed by atoms with Crippen molar-refractivity contribution in [1.82, 2.24) is 0 Å². The number of terminal acetylenes is 1. The largest absolute Gasteiger partial charge is 0.458 e. The fourth-order valence-electron chi connectivity index (χ4n) is 1.25. The molecule has 104 valence electrons. The van der Waals surface area contributed by atoms with Gasteiger partial charge in [-0.3, -0.25) is 9.59 Å². The molecule has 4 nitrogen and oxygen atoms in total. The van der Waals surface area contributed by atoms with E-state index in [1.54, 1.807) is 19.1 Å². The van der Waals surface area contributed by atoms with Crippen molar-refractivity contribution in [2.45, 2.75) is 44.8 Å². The number of ether oxygens (including phenoxy) is 2. The lowest BCUT2D eigenvalue weighted by atomic mass is 10.2. The van der Waals surface area contributed by atoms with Gasteiger partial charge in [0.05, 0.1) is 0 Å². The molecule has 0 bridgehead atoms. The highest BCUT2D eigenvalue weighted by Gasteiger charge is 2.12. The van der Waals surface area contributed by atoms with E-state index in [-0.39, 0.29) is 24.9 Å². The van der Waals surface area contributed by atoms with Crippen LogP contribution in [0.2, 0.25) is 0 Å². The van der Waals surface area contributed by atoms with E-state index in [0.29, 0.717) is 12.8 Å². The lowest BCUT2D eigenvalue weighted by molar-refractivity contribution is -0.148. The van der Waals surface area contributed by atoms with Crippen LogP contribution in [-0.4, -0.2) is 24.1 Å². The Morgan fingerprint density at radius 1 is 1.26 bits per heavy atom. The fraction of sp³-hybridized carbons (Fsp3) is 0.467. The van der Waals surface area contributed by atoms with Gasteiger partial charge in [-0.2, -0.15) is 0 Å². The van der Waals surface area contributed by atoms with Gasteiger partial charge in [-0.1, -0.05) is 24.7 Å². The average molecular weight is 264 g/mol. The zero-order chi connectivity index (χ0) is 14.7. The third kappa shape index (κ3) is 8.67. The third-order valence-electron chi connectivity index (χ3n) is 2.25. The molecule has 0 rings (SSSR count). The van der Waals surface area contributed by atoms with Gasteiger partial charge in [0.2, 0.25) is 0 Å². The molecule has 0 aromatic carbocycles. The molecule has 0 amide bonds. The van der Waals surface area contributed by atoms with E-state index in [0.717, 1.165) is 0 Å². The Bertz CT molecular complexity index is 365. The zero-order valence-electron chi connectivity index (χ0n) is 11.3. The van der Waals surface area contributed by atoms with E-state index in [1.165, 1.54) is 0 Å². The second-order valence-electron chi connectivity index (χ2n) is 3.94. The van der Waals surface area contributed by atoms with Gasteiger partial charge in [0.15, 0.2) is 6.10 Å². The number of carbonyl (C=O) groups excluding carboxylic acids is 2. The van der Waals surface area contributed by atoms with Crippen molar-refractivity contribution in [2.75, 3.05) is 0 Å². The topological polar surface area (TPSA) is 52.6 Å². The van der Waals surface area contributed by atoms with E-state index in [1.807, 2.05) is 0 Å². The molecule has 0 saturated heterocycles. The van der Waals surface area contributed by atoms with Crippen LogP contribution in [0.15, 0.2) is 25.3 Å². The van der Waals surface area contributed by atoms with Crippen molar-refractivity contribution < 1.29 is 19.1 Å². The van der Waals surface area contributed by atoms with Gasteiger partial charge < -0.3 is 9.47 Å². The maximum atomic E-state index is 11.5. The monoisotopic (exact) mass is 264 g/mol. The number of esters is 2. The molecule has 0 saturated carbocycles. The summed E-state index contributed by atoms with van der Waals surface area (Å²) in [6, 6.07) is 0. The standard InChI is InChI=1S/C15H20O4/c1-5-9-13(7-3)19-15(17)11-8-10-14(16)18-12(4)6-2/h2,5,7,12-13H,1,3,8-11H2,4H3. The number of hydrogen-bond donors (Lipinski definition) is 0. The van der Waals surface area contributed by atoms with Crippen molar-refractivity contribution in [1.29, 1.82) is 0 Å². The fourth-order valence-corrected chi connectivity index (χ4v) is 1.25. The highest BCUT2D eigenvalue weighted by molar-refractivity contribution is 5.72. The second kappa shape index (κ2) is 9.95. The van der Waals surface area contributed by atoms with Crippen LogP contribution in [0.3, 0.4) is 0 Å². The summed E-state index contributed by atoms with van der Waals surface area (Å²) in [6.45, 7) is 8.73. The minimum Gasteiger partial charge on any atom is -0.458 e. The van der Waals surface area contributed by atoms with E-state index < -0.39 is 12.1 Å². The number of carbonyl (C=O) groups is 2. The van der Waals surface area contributed by atoms with E-state index in [9.17, 15) is 9.59 Å². The van der Waals surface area contributed by atoms with Crippen molar-refractivity contribution in [3.05, 3.63) is 25.3 Å². The van der Waals surface area contributed by atoms with Crippen molar-refractivity contribution >= 4 is 11.9 Å². The molecule has 0 heterocycles. The number of rotatable bonds is 9. The van der Waals surface area contributed by atoms with Gasteiger partial charge >= 0.3 is 11.9 Å². The first-order valence-electron chi connectivity index (χ1n) is 6.12. The van der Waals surface area contributed by atoms with Crippen LogP contribution in [0.25, 0.3) is 0 Å². The molecule has 19 heavy (non-hydrogen) atoms. The summed E-state index contributed by atoms with van der Waals surface area (Å²) in [5, 5.41) is 0. The summed E-state index contributed by atoms with van der Waals surface area (Å²) < 4.78 is 9.98. The van der Waals surface area contributed by atoms with Gasteiger partial charge in [-0.15, -0.1) is 13.0 Å². The average Bonchev–Trinajstić information content (AvgIpc) is 2.37. The zero-order valence-corrected chi connectivity index (χ0v) is 11.3. The summed E-state index contributed by atoms with van der Waals surface area (Å²) in [5.41, 5.74) is 0. The molecular formula is C15H20O4. The molecule has 0 aromatic rings. The second-order valence-corrected chi connectivity index (χ2v) is 3.94. The molecular weight excluding hydrogens is 244 g/mol. The Hall–Kier alpha value is -2.02. The molecule has 0 fully saturated rings. The lowest BCUT2D eigenvalue weighted by Gasteiger charge is -2.12. The third-order valence-corrected chi connectivity index (χ3v) is 2.25. The van der Waals surface area contributed by atoms with Crippen LogP contribution in [-0.2, 0) is 19.1 Å². The van der Waals surface area contributed by atoms with E-state index >= 15 is 0 Å². The van der Waals surface area contributed by atoms with Crippen LogP contribution in [0.1, 0.15) is 32.6 Å². The molecule has 2 atom stereocenters. The first kappa shape index (κ1) is 17.0. The highest BCUT2D eigenvalue weighted by atomic mass is 16.5. The first-order chi connectivity index (χ1) is 9.03. The molecule has 0 aliphatic rings. The van der Waals surface area contributed by atoms with Crippen molar-refractivity contribution in [3.8, 4) is 12.3 Å². The van der Waals surface area contributed by atoms with Crippen molar-refractivity contribution in [2.24, 2.45) is 0 Å². The maximum Gasteiger partial charge on any atom is 0.307 e. The summed E-state index contributed by atoms with van der Waals surface area (Å²) in [4.78, 5) is 22.7. The lowest BCUT2D eigenvalue weighted by Crippen LogP contribution is -2.16. The Morgan fingerprint density at radius 2 is 1.84 bits per heavy atom. The van der Waals surface area contributed by atoms with Crippen LogP contribution < -0.4 is 0 Å². The first-order valence-corrected chi connectivity index (χ1v) is 6.12. The summed E-state index contributed by atoms with van der Waals surface area (Å²) in [5.74, 6) is 1.50. The van der Waals surface area contributed by atoms with Gasteiger partial charge in [-0.25, -0.2) is 0 Å². The van der Waals surface area contributed by atoms with Gasteiger partial charge in [0.25, 0.3) is 0 Å². The van der Waals surface area contributed by atoms with Crippen molar-refractivity contribution in [3.63, 3.8) is 0 Å². The van der Waals surface area contributed by atoms with E-state index in [4.69, 9.17) is 15.9 Å². The minimum atomic E-state index is -0.544. The van der Waals surface area contributed by atoms with Crippen LogP contribution in [0.5, 0.6) is 0 Å². The molecule has 0 spiro atoms. The van der Waals surface area contributed by atoms with Crippen LogP contribution >= 0.6 is 0 Å². The molecule has 0 aliphatic carbocycles. The van der Waals surface area contributed by atoms with Crippen LogP contribution in [0, 0.1) is 12.3 Å². The molecule has 2 unspecified atom stereocenters.